The van der Waals surface area contributed by atoms with Crippen LogP contribution in [0.4, 0.5) is 0 Å². The predicted molar refractivity (Wildman–Crippen MR) is 59.6 cm³/mol. The summed E-state index contributed by atoms with van der Waals surface area (Å²) in [6.07, 6.45) is 1.24. The summed E-state index contributed by atoms with van der Waals surface area (Å²) in [5.41, 5.74) is 0.361. The Morgan fingerprint density at radius 3 is 2.71 bits per heavy atom. The highest BCUT2D eigenvalue weighted by Gasteiger charge is 2.36. The molecule has 0 spiro atoms. The van der Waals surface area contributed by atoms with E-state index in [2.05, 4.69) is 31.0 Å². The first-order valence-electron chi connectivity index (χ1n) is 5.57. The molecule has 0 saturated carbocycles. The van der Waals surface area contributed by atoms with E-state index in [1.165, 1.54) is 13.0 Å². The second-order valence-corrected chi connectivity index (χ2v) is 4.70. The summed E-state index contributed by atoms with van der Waals surface area (Å²) in [6, 6.07) is 0.639. The normalized spacial score (nSPS) is 27.0. The summed E-state index contributed by atoms with van der Waals surface area (Å²) in [5, 5.41) is 3.54. The molecule has 1 heterocycles. The number of hydrogen-bond acceptors (Lipinski definition) is 3. The van der Waals surface area contributed by atoms with Crippen LogP contribution in [0, 0.1) is 0 Å². The molecule has 3 nitrogen and oxygen atoms in total. The smallest absolute Gasteiger partial charge is 0.0587 e. The Morgan fingerprint density at radius 2 is 2.21 bits per heavy atom. The minimum atomic E-state index is 0.361. The first-order valence-corrected chi connectivity index (χ1v) is 5.57. The molecule has 1 N–H and O–H groups in total. The lowest BCUT2D eigenvalue weighted by Crippen LogP contribution is -2.38. The second kappa shape index (κ2) is 5.10. The van der Waals surface area contributed by atoms with Crippen LogP contribution in [0.25, 0.3) is 0 Å². The summed E-state index contributed by atoms with van der Waals surface area (Å²) in [7, 11) is 1.75. The molecular formula is C11H24N2O. The van der Waals surface area contributed by atoms with Crippen molar-refractivity contribution in [1.29, 1.82) is 0 Å². The Bertz CT molecular complexity index is 171. The Balaban J connectivity index is 2.31. The number of rotatable bonds is 5. The maximum atomic E-state index is 5.03. The van der Waals surface area contributed by atoms with Crippen molar-refractivity contribution >= 4 is 0 Å². The third-order valence-electron chi connectivity index (χ3n) is 3.16. The lowest BCUT2D eigenvalue weighted by atomic mass is 10.0. The molecule has 0 aliphatic carbocycles. The molecule has 0 aromatic rings. The summed E-state index contributed by atoms with van der Waals surface area (Å²) in [6.45, 7) is 11.0. The average molecular weight is 200 g/mol. The van der Waals surface area contributed by atoms with Crippen molar-refractivity contribution in [2.75, 3.05) is 33.4 Å². The number of nitrogens with one attached hydrogen (secondary N) is 1. The van der Waals surface area contributed by atoms with Gasteiger partial charge in [0.25, 0.3) is 0 Å². The van der Waals surface area contributed by atoms with E-state index in [1.807, 2.05) is 0 Å². The van der Waals surface area contributed by atoms with Gasteiger partial charge in [0.1, 0.15) is 0 Å². The van der Waals surface area contributed by atoms with Gasteiger partial charge in [-0.3, -0.25) is 4.90 Å². The minimum absolute atomic E-state index is 0.361. The van der Waals surface area contributed by atoms with Gasteiger partial charge in [-0.1, -0.05) is 6.92 Å². The van der Waals surface area contributed by atoms with Gasteiger partial charge in [-0.05, 0) is 26.8 Å². The summed E-state index contributed by atoms with van der Waals surface area (Å²) in [4.78, 5) is 2.54. The topological polar surface area (TPSA) is 24.5 Å². The van der Waals surface area contributed by atoms with Crippen LogP contribution in [-0.4, -0.2) is 49.8 Å². The SMILES string of the molecule is CCN1C[C@H](NCCOC)CC1(C)C. The third-order valence-corrected chi connectivity index (χ3v) is 3.16. The minimum Gasteiger partial charge on any atom is -0.383 e. The number of nitrogens with zero attached hydrogens (tertiary/aromatic N) is 1. The van der Waals surface area contributed by atoms with Gasteiger partial charge in [-0.15, -0.1) is 0 Å². The molecule has 0 unspecified atom stereocenters. The van der Waals surface area contributed by atoms with Gasteiger partial charge in [0, 0.05) is 31.8 Å². The lowest BCUT2D eigenvalue weighted by Gasteiger charge is -2.29. The van der Waals surface area contributed by atoms with E-state index >= 15 is 0 Å². The van der Waals surface area contributed by atoms with E-state index < -0.39 is 0 Å². The monoisotopic (exact) mass is 200 g/mol. The zero-order chi connectivity index (χ0) is 10.6. The van der Waals surface area contributed by atoms with Crippen LogP contribution < -0.4 is 5.32 Å². The number of methoxy groups -OCH3 is 1. The molecule has 1 fully saturated rings. The Morgan fingerprint density at radius 1 is 1.50 bits per heavy atom. The van der Waals surface area contributed by atoms with E-state index in [4.69, 9.17) is 4.74 Å². The van der Waals surface area contributed by atoms with Gasteiger partial charge < -0.3 is 10.1 Å². The average Bonchev–Trinajstić information content (AvgIpc) is 2.41. The van der Waals surface area contributed by atoms with E-state index in [0.717, 1.165) is 19.7 Å². The predicted octanol–water partition coefficient (Wildman–Crippen LogP) is 1.10. The van der Waals surface area contributed by atoms with Gasteiger partial charge in [-0.25, -0.2) is 0 Å². The third kappa shape index (κ3) is 2.94. The lowest BCUT2D eigenvalue weighted by molar-refractivity contribution is 0.184. The van der Waals surface area contributed by atoms with Crippen LogP contribution in [0.1, 0.15) is 27.2 Å². The molecule has 1 aliphatic rings. The molecule has 84 valence electrons. The molecule has 1 atom stereocenters. The molecule has 3 heteroatoms. The molecular weight excluding hydrogens is 176 g/mol. The highest BCUT2D eigenvalue weighted by molar-refractivity contribution is 4.95. The molecule has 14 heavy (non-hydrogen) atoms. The molecule has 1 rings (SSSR count). The first-order chi connectivity index (χ1) is 6.60. The maximum absolute atomic E-state index is 5.03. The Hall–Kier alpha value is -0.120. The fourth-order valence-electron chi connectivity index (χ4n) is 2.37. The van der Waals surface area contributed by atoms with Crippen molar-refractivity contribution in [2.24, 2.45) is 0 Å². The van der Waals surface area contributed by atoms with Crippen molar-refractivity contribution in [3.63, 3.8) is 0 Å². The molecule has 0 bridgehead atoms. The maximum Gasteiger partial charge on any atom is 0.0587 e. The molecule has 0 aromatic heterocycles. The van der Waals surface area contributed by atoms with E-state index in [9.17, 15) is 0 Å². The molecule has 0 radical (unpaired) electrons. The van der Waals surface area contributed by atoms with Crippen LogP contribution in [-0.2, 0) is 4.74 Å². The summed E-state index contributed by atoms with van der Waals surface area (Å²) in [5.74, 6) is 0. The van der Waals surface area contributed by atoms with Crippen molar-refractivity contribution in [3.8, 4) is 0 Å². The van der Waals surface area contributed by atoms with Gasteiger partial charge >= 0.3 is 0 Å². The fourth-order valence-corrected chi connectivity index (χ4v) is 2.37. The Kier molecular flexibility index (Phi) is 4.35. The van der Waals surface area contributed by atoms with E-state index in [-0.39, 0.29) is 0 Å². The standard InChI is InChI=1S/C11H24N2O/c1-5-13-9-10(8-11(13,2)3)12-6-7-14-4/h10,12H,5-9H2,1-4H3/t10-/m1/s1. The Labute approximate surface area is 87.8 Å². The van der Waals surface area contributed by atoms with Gasteiger partial charge in [0.05, 0.1) is 6.61 Å². The summed E-state index contributed by atoms with van der Waals surface area (Å²) >= 11 is 0. The van der Waals surface area contributed by atoms with Crippen LogP contribution in [0.5, 0.6) is 0 Å². The van der Waals surface area contributed by atoms with Crippen molar-refractivity contribution in [2.45, 2.75) is 38.8 Å². The quantitative estimate of drug-likeness (QED) is 0.673. The fraction of sp³-hybridized carbons (Fsp3) is 1.00. The van der Waals surface area contributed by atoms with E-state index in [1.54, 1.807) is 7.11 Å². The van der Waals surface area contributed by atoms with Crippen LogP contribution in [0.3, 0.4) is 0 Å². The number of hydrogen-bond donors (Lipinski definition) is 1. The molecule has 1 aliphatic heterocycles. The molecule has 1 saturated heterocycles. The van der Waals surface area contributed by atoms with Crippen molar-refractivity contribution in [1.82, 2.24) is 10.2 Å². The zero-order valence-electron chi connectivity index (χ0n) is 9.97. The highest BCUT2D eigenvalue weighted by atomic mass is 16.5. The number of ether oxygens (including phenoxy) is 1. The van der Waals surface area contributed by atoms with Crippen molar-refractivity contribution < 1.29 is 4.74 Å². The number of likely N-dealkylation sites (N-methyl/N-ethyl adjacent to an activating group) is 1. The molecule has 0 amide bonds. The largest absolute Gasteiger partial charge is 0.383 e. The second-order valence-electron chi connectivity index (χ2n) is 4.70. The van der Waals surface area contributed by atoms with Gasteiger partial charge in [-0.2, -0.15) is 0 Å². The summed E-state index contributed by atoms with van der Waals surface area (Å²) < 4.78 is 5.03. The van der Waals surface area contributed by atoms with E-state index in [0.29, 0.717) is 11.6 Å². The van der Waals surface area contributed by atoms with Crippen LogP contribution in [0.15, 0.2) is 0 Å². The van der Waals surface area contributed by atoms with Crippen LogP contribution in [0.2, 0.25) is 0 Å². The zero-order valence-corrected chi connectivity index (χ0v) is 9.97. The first kappa shape index (κ1) is 12.0. The van der Waals surface area contributed by atoms with Gasteiger partial charge in [0.2, 0.25) is 0 Å². The highest BCUT2D eigenvalue weighted by Crippen LogP contribution is 2.27. The van der Waals surface area contributed by atoms with Crippen LogP contribution >= 0.6 is 0 Å². The van der Waals surface area contributed by atoms with Crippen molar-refractivity contribution in [3.05, 3.63) is 0 Å². The number of likely N-dealkylation sites (tertiary alicyclic amines) is 1. The van der Waals surface area contributed by atoms with Gasteiger partial charge in [0.15, 0.2) is 0 Å². The molecule has 0 aromatic carbocycles.